The van der Waals surface area contributed by atoms with E-state index in [4.69, 9.17) is 33.6 Å². The molecule has 0 amide bonds. The number of morpholine rings is 1. The van der Waals surface area contributed by atoms with E-state index in [1.165, 1.54) is 0 Å². The van der Waals surface area contributed by atoms with Crippen molar-refractivity contribution in [3.8, 4) is 11.5 Å². The number of nitrogens with one attached hydrogen (secondary N) is 2. The molecule has 2 heterocycles. The van der Waals surface area contributed by atoms with Crippen LogP contribution in [0.3, 0.4) is 0 Å². The van der Waals surface area contributed by atoms with Crippen LogP contribution >= 0.6 is 24.4 Å². The summed E-state index contributed by atoms with van der Waals surface area (Å²) in [6.45, 7) is 3.06. The number of ether oxygens (including phenoxy) is 1. The zero-order valence-corrected chi connectivity index (χ0v) is 12.8. The summed E-state index contributed by atoms with van der Waals surface area (Å²) in [7, 11) is 0. The van der Waals surface area contributed by atoms with Gasteiger partial charge in [0, 0.05) is 24.3 Å². The molecule has 6 nitrogen and oxygen atoms in total. The summed E-state index contributed by atoms with van der Waals surface area (Å²) in [5.41, 5.74) is 1.77. The number of anilines is 1. The van der Waals surface area contributed by atoms with Gasteiger partial charge in [0.05, 0.1) is 13.2 Å². The smallest absolute Gasteiger partial charge is 0.284 e. The molecule has 0 unspecified atom stereocenters. The molecule has 0 saturated carbocycles. The van der Waals surface area contributed by atoms with Crippen LogP contribution in [-0.4, -0.2) is 46.5 Å². The van der Waals surface area contributed by atoms with Crippen LogP contribution in [0.5, 0.6) is 0 Å². The summed E-state index contributed by atoms with van der Waals surface area (Å²) in [5.74, 6) is 0.474. The van der Waals surface area contributed by atoms with Gasteiger partial charge in [-0.25, -0.2) is 5.10 Å². The minimum absolute atomic E-state index is 0.265. The molecular formula is C13H14N4O2S2. The van der Waals surface area contributed by atoms with E-state index in [1.807, 2.05) is 24.3 Å². The Balaban J connectivity index is 1.66. The number of aromatic amines is 1. The molecule has 1 aromatic heterocycles. The Morgan fingerprint density at radius 1 is 1.24 bits per heavy atom. The van der Waals surface area contributed by atoms with Crippen molar-refractivity contribution in [3.63, 3.8) is 0 Å². The molecule has 0 atom stereocenters. The lowest BCUT2D eigenvalue weighted by Crippen LogP contribution is -2.42. The third-order valence-electron chi connectivity index (χ3n) is 3.12. The van der Waals surface area contributed by atoms with Crippen molar-refractivity contribution in [1.29, 1.82) is 0 Å². The Kier molecular flexibility index (Phi) is 4.28. The fraction of sp³-hybridized carbons (Fsp3) is 0.308. The Labute approximate surface area is 132 Å². The standard InChI is InChI=1S/C13H14N4O2S2/c20-12(17-5-7-18-8-6-17)14-10-3-1-9(2-4-10)11-15-16-13(21)19-11/h1-4H,5-8H2,(H,14,20)(H,16,21). The number of benzene rings is 1. The number of thiocarbonyl (C=S) groups is 1. The van der Waals surface area contributed by atoms with Crippen LogP contribution in [0.15, 0.2) is 28.7 Å². The van der Waals surface area contributed by atoms with E-state index in [9.17, 15) is 0 Å². The highest BCUT2D eigenvalue weighted by molar-refractivity contribution is 7.80. The molecule has 2 N–H and O–H groups in total. The maximum absolute atomic E-state index is 5.40. The number of H-pyrrole nitrogens is 1. The Bertz CT molecular complexity index is 674. The Hall–Kier alpha value is -1.77. The second-order valence-corrected chi connectivity index (χ2v) is 5.28. The first-order valence-corrected chi connectivity index (χ1v) is 7.33. The minimum atomic E-state index is 0.265. The first-order valence-electron chi connectivity index (χ1n) is 6.52. The molecule has 1 saturated heterocycles. The van der Waals surface area contributed by atoms with Gasteiger partial charge in [0.25, 0.3) is 4.84 Å². The summed E-state index contributed by atoms with van der Waals surface area (Å²) >= 11 is 10.3. The van der Waals surface area contributed by atoms with E-state index in [0.717, 1.165) is 24.3 Å². The zero-order valence-electron chi connectivity index (χ0n) is 11.2. The average molecular weight is 322 g/mol. The van der Waals surface area contributed by atoms with Crippen LogP contribution in [0, 0.1) is 4.84 Å². The molecule has 0 radical (unpaired) electrons. The van der Waals surface area contributed by atoms with E-state index in [1.54, 1.807) is 0 Å². The van der Waals surface area contributed by atoms with Crippen LogP contribution in [0.4, 0.5) is 5.69 Å². The van der Waals surface area contributed by atoms with Crippen molar-refractivity contribution >= 4 is 35.2 Å². The van der Waals surface area contributed by atoms with E-state index >= 15 is 0 Å². The molecule has 2 aromatic rings. The predicted octanol–water partition coefficient (Wildman–Crippen LogP) is 2.43. The quantitative estimate of drug-likeness (QED) is 0.823. The van der Waals surface area contributed by atoms with Gasteiger partial charge in [-0.05, 0) is 48.7 Å². The number of hydrogen-bond acceptors (Lipinski definition) is 5. The highest BCUT2D eigenvalue weighted by atomic mass is 32.1. The summed E-state index contributed by atoms with van der Waals surface area (Å²) in [6.07, 6.45) is 0. The second-order valence-electron chi connectivity index (χ2n) is 4.53. The Morgan fingerprint density at radius 3 is 2.57 bits per heavy atom. The predicted molar refractivity (Wildman–Crippen MR) is 85.7 cm³/mol. The van der Waals surface area contributed by atoms with Gasteiger partial charge in [0.2, 0.25) is 5.89 Å². The SMILES string of the molecule is S=C(Nc1ccc(-c2n[nH]c(=S)o2)cc1)N1CCOCC1. The molecule has 110 valence electrons. The van der Waals surface area contributed by atoms with E-state index in [-0.39, 0.29) is 4.84 Å². The summed E-state index contributed by atoms with van der Waals surface area (Å²) in [6, 6.07) is 7.65. The third kappa shape index (κ3) is 3.46. The molecule has 1 fully saturated rings. The lowest BCUT2D eigenvalue weighted by Gasteiger charge is -2.29. The lowest BCUT2D eigenvalue weighted by atomic mass is 10.2. The van der Waals surface area contributed by atoms with Crippen molar-refractivity contribution in [2.45, 2.75) is 0 Å². The Morgan fingerprint density at radius 2 is 1.95 bits per heavy atom. The van der Waals surface area contributed by atoms with Crippen LogP contribution in [-0.2, 0) is 4.74 Å². The molecule has 21 heavy (non-hydrogen) atoms. The van der Waals surface area contributed by atoms with Gasteiger partial charge >= 0.3 is 0 Å². The molecule has 8 heteroatoms. The monoisotopic (exact) mass is 322 g/mol. The highest BCUT2D eigenvalue weighted by Gasteiger charge is 2.13. The van der Waals surface area contributed by atoms with Gasteiger partial charge in [-0.2, -0.15) is 0 Å². The van der Waals surface area contributed by atoms with Crippen LogP contribution in [0.1, 0.15) is 0 Å². The third-order valence-corrected chi connectivity index (χ3v) is 3.65. The first kappa shape index (κ1) is 14.2. The zero-order chi connectivity index (χ0) is 14.7. The van der Waals surface area contributed by atoms with Crippen molar-refractivity contribution in [3.05, 3.63) is 29.1 Å². The van der Waals surface area contributed by atoms with Crippen molar-refractivity contribution < 1.29 is 9.15 Å². The summed E-state index contributed by atoms with van der Waals surface area (Å²) in [4.78, 5) is 2.36. The fourth-order valence-electron chi connectivity index (χ4n) is 2.02. The lowest BCUT2D eigenvalue weighted by molar-refractivity contribution is 0.0690. The van der Waals surface area contributed by atoms with E-state index in [2.05, 4.69) is 20.4 Å². The molecule has 0 spiro atoms. The first-order chi connectivity index (χ1) is 10.2. The van der Waals surface area contributed by atoms with Crippen LogP contribution in [0.2, 0.25) is 0 Å². The molecular weight excluding hydrogens is 308 g/mol. The fourth-order valence-corrected chi connectivity index (χ4v) is 2.44. The van der Waals surface area contributed by atoms with Gasteiger partial charge in [-0.15, -0.1) is 5.10 Å². The molecule has 0 aliphatic carbocycles. The molecule has 1 aromatic carbocycles. The summed E-state index contributed by atoms with van der Waals surface area (Å²) in [5, 5.41) is 10.5. The average Bonchev–Trinajstić information content (AvgIpc) is 2.95. The van der Waals surface area contributed by atoms with Crippen LogP contribution < -0.4 is 5.32 Å². The highest BCUT2D eigenvalue weighted by Crippen LogP contribution is 2.19. The molecule has 3 rings (SSSR count). The van der Waals surface area contributed by atoms with Crippen molar-refractivity contribution in [2.24, 2.45) is 0 Å². The van der Waals surface area contributed by atoms with Gasteiger partial charge in [0.1, 0.15) is 0 Å². The number of aromatic nitrogens is 2. The van der Waals surface area contributed by atoms with E-state index in [0.29, 0.717) is 24.2 Å². The number of nitrogens with zero attached hydrogens (tertiary/aromatic N) is 2. The van der Waals surface area contributed by atoms with E-state index < -0.39 is 0 Å². The maximum atomic E-state index is 5.40. The molecule has 1 aliphatic heterocycles. The normalized spacial score (nSPS) is 15.0. The second kappa shape index (κ2) is 6.33. The van der Waals surface area contributed by atoms with Gasteiger partial charge in [-0.3, -0.25) is 0 Å². The largest absolute Gasteiger partial charge is 0.409 e. The maximum Gasteiger partial charge on any atom is 0.284 e. The van der Waals surface area contributed by atoms with Crippen molar-refractivity contribution in [1.82, 2.24) is 15.1 Å². The topological polar surface area (TPSA) is 66.3 Å². The van der Waals surface area contributed by atoms with Crippen LogP contribution in [0.25, 0.3) is 11.5 Å². The minimum Gasteiger partial charge on any atom is -0.409 e. The number of rotatable bonds is 2. The summed E-state index contributed by atoms with van der Waals surface area (Å²) < 4.78 is 10.6. The van der Waals surface area contributed by atoms with Crippen molar-refractivity contribution in [2.75, 3.05) is 31.6 Å². The van der Waals surface area contributed by atoms with Gasteiger partial charge < -0.3 is 19.4 Å². The molecule has 0 bridgehead atoms. The van der Waals surface area contributed by atoms with Gasteiger partial charge in [0.15, 0.2) is 5.11 Å². The number of hydrogen-bond donors (Lipinski definition) is 2. The van der Waals surface area contributed by atoms with Gasteiger partial charge in [-0.1, -0.05) is 0 Å². The molecule has 1 aliphatic rings.